The highest BCUT2D eigenvalue weighted by atomic mass is 32.1. The molecule has 0 unspecified atom stereocenters. The van der Waals surface area contributed by atoms with Crippen molar-refractivity contribution in [2.45, 2.75) is 13.8 Å². The molecule has 0 aliphatic rings. The molecule has 12 aromatic rings. The Morgan fingerprint density at radius 2 is 0.636 bits per heavy atom. The van der Waals surface area contributed by atoms with E-state index in [4.69, 9.17) is 0 Å². The van der Waals surface area contributed by atoms with Crippen LogP contribution < -0.4 is 9.80 Å². The Kier molecular flexibility index (Phi) is 10.0. The highest BCUT2D eigenvalue weighted by Gasteiger charge is 2.22. The molecule has 0 saturated carbocycles. The van der Waals surface area contributed by atoms with Crippen molar-refractivity contribution >= 4 is 97.1 Å². The summed E-state index contributed by atoms with van der Waals surface area (Å²) in [4.78, 5) is 4.85. The molecule has 2 heterocycles. The summed E-state index contributed by atoms with van der Waals surface area (Å²) in [5.41, 5.74) is 16.4. The van der Waals surface area contributed by atoms with E-state index in [1.807, 2.05) is 22.7 Å². The first kappa shape index (κ1) is 39.8. The molecule has 2 aromatic heterocycles. The summed E-state index contributed by atoms with van der Waals surface area (Å²) in [7, 11) is 0. The molecule has 4 heteroatoms. The third kappa shape index (κ3) is 7.03. The maximum absolute atomic E-state index is 2.42. The second-order valence-corrected chi connectivity index (χ2v) is 19.2. The minimum absolute atomic E-state index is 1.12. The van der Waals surface area contributed by atoms with Crippen molar-refractivity contribution in [2.24, 2.45) is 0 Å². The molecule has 0 fully saturated rings. The maximum Gasteiger partial charge on any atom is 0.0540 e. The number of nitrogens with zero attached hydrogens (tertiary/aromatic N) is 2. The standard InChI is InChI=1S/C62H44N2S2/c1-41-37-43(29-33-55(41)63(47-17-5-3-6-18-47)57-25-13-9-21-49(57)45-31-35-61-53(39-45)51-23-11-15-27-59(51)65-61)44-30-34-56(42(2)38-44)64(48-19-7-4-8-20-48)58-26-14-10-22-50(58)46-32-36-62-54(40-46)52-24-12-16-28-60(52)66-62/h3-40H,1-2H3. The van der Waals surface area contributed by atoms with Gasteiger partial charge in [0.05, 0.1) is 11.4 Å². The number of para-hydroxylation sites is 4. The van der Waals surface area contributed by atoms with Gasteiger partial charge in [-0.1, -0.05) is 133 Å². The van der Waals surface area contributed by atoms with Crippen LogP contribution in [0.15, 0.2) is 231 Å². The molecule has 66 heavy (non-hydrogen) atoms. The fourth-order valence-corrected chi connectivity index (χ4v) is 11.9. The fraction of sp³-hybridized carbons (Fsp3) is 0.0323. The van der Waals surface area contributed by atoms with E-state index in [2.05, 4.69) is 254 Å². The molecule has 12 rings (SSSR count). The van der Waals surface area contributed by atoms with Crippen LogP contribution >= 0.6 is 22.7 Å². The van der Waals surface area contributed by atoms with Crippen LogP contribution in [0.5, 0.6) is 0 Å². The summed E-state index contributed by atoms with van der Waals surface area (Å²) >= 11 is 3.72. The molecular weight excluding hydrogens is 837 g/mol. The zero-order valence-corrected chi connectivity index (χ0v) is 38.3. The van der Waals surface area contributed by atoms with Crippen molar-refractivity contribution in [1.82, 2.24) is 0 Å². The van der Waals surface area contributed by atoms with Crippen molar-refractivity contribution in [2.75, 3.05) is 9.80 Å². The lowest BCUT2D eigenvalue weighted by Crippen LogP contribution is -2.13. The van der Waals surface area contributed by atoms with E-state index in [0.29, 0.717) is 0 Å². The molecule has 10 aromatic carbocycles. The Labute approximate surface area is 393 Å². The lowest BCUT2D eigenvalue weighted by molar-refractivity contribution is 1.24. The predicted octanol–water partition coefficient (Wildman–Crippen LogP) is 19.0. The van der Waals surface area contributed by atoms with Gasteiger partial charge in [-0.25, -0.2) is 0 Å². The molecule has 0 aliphatic carbocycles. The molecule has 0 saturated heterocycles. The quantitative estimate of drug-likeness (QED) is 0.143. The van der Waals surface area contributed by atoms with E-state index in [-0.39, 0.29) is 0 Å². The molecule has 0 radical (unpaired) electrons. The molecule has 0 atom stereocenters. The first-order valence-electron chi connectivity index (χ1n) is 22.5. The molecule has 0 aliphatic heterocycles. The summed E-state index contributed by atoms with van der Waals surface area (Å²) < 4.78 is 5.26. The topological polar surface area (TPSA) is 6.48 Å². The van der Waals surface area contributed by atoms with E-state index in [1.165, 1.54) is 84.9 Å². The average Bonchev–Trinajstić information content (AvgIpc) is 3.94. The Bertz CT molecular complexity index is 3500. The molecule has 0 bridgehead atoms. The van der Waals surface area contributed by atoms with Gasteiger partial charge in [0.15, 0.2) is 0 Å². The van der Waals surface area contributed by atoms with Crippen LogP contribution in [-0.2, 0) is 0 Å². The smallest absolute Gasteiger partial charge is 0.0540 e. The van der Waals surface area contributed by atoms with Crippen molar-refractivity contribution in [3.8, 4) is 33.4 Å². The van der Waals surface area contributed by atoms with Crippen molar-refractivity contribution in [1.29, 1.82) is 0 Å². The summed E-state index contributed by atoms with van der Waals surface area (Å²) in [6, 6.07) is 84.4. The van der Waals surface area contributed by atoms with Gasteiger partial charge in [-0.2, -0.15) is 0 Å². The van der Waals surface area contributed by atoms with Crippen LogP contribution in [-0.4, -0.2) is 0 Å². The first-order valence-corrected chi connectivity index (χ1v) is 24.1. The van der Waals surface area contributed by atoms with Gasteiger partial charge in [-0.15, -0.1) is 22.7 Å². The minimum Gasteiger partial charge on any atom is -0.310 e. The minimum atomic E-state index is 1.12. The zero-order valence-electron chi connectivity index (χ0n) is 36.7. The van der Waals surface area contributed by atoms with E-state index in [9.17, 15) is 0 Å². The number of hydrogen-bond acceptors (Lipinski definition) is 4. The second-order valence-electron chi connectivity index (χ2n) is 17.0. The number of rotatable bonds is 9. The van der Waals surface area contributed by atoms with Gasteiger partial charge in [-0.3, -0.25) is 0 Å². The molecule has 2 nitrogen and oxygen atoms in total. The molecule has 0 N–H and O–H groups in total. The SMILES string of the molecule is Cc1cc(-c2ccc(N(c3ccccc3)c3ccccc3-c3ccc4sc5ccccc5c4c3)c(C)c2)ccc1N(c1ccccc1)c1ccccc1-c1ccc2sc3ccccc3c2c1. The molecule has 314 valence electrons. The van der Waals surface area contributed by atoms with Gasteiger partial charge in [0.2, 0.25) is 0 Å². The summed E-state index contributed by atoms with van der Waals surface area (Å²) in [5, 5.41) is 5.23. The van der Waals surface area contributed by atoms with Gasteiger partial charge < -0.3 is 9.80 Å². The largest absolute Gasteiger partial charge is 0.310 e. The van der Waals surface area contributed by atoms with Crippen LogP contribution in [0, 0.1) is 13.8 Å². The summed E-state index contributed by atoms with van der Waals surface area (Å²) in [6.07, 6.45) is 0. The number of thiophene rings is 2. The second kappa shape index (κ2) is 16.7. The summed E-state index contributed by atoms with van der Waals surface area (Å²) in [6.45, 7) is 4.49. The van der Waals surface area contributed by atoms with E-state index >= 15 is 0 Å². The molecular formula is C62H44N2S2. The van der Waals surface area contributed by atoms with Crippen molar-refractivity contribution < 1.29 is 0 Å². The number of hydrogen-bond donors (Lipinski definition) is 0. The third-order valence-electron chi connectivity index (χ3n) is 12.9. The zero-order chi connectivity index (χ0) is 44.1. The van der Waals surface area contributed by atoms with E-state index < -0.39 is 0 Å². The summed E-state index contributed by atoms with van der Waals surface area (Å²) in [5.74, 6) is 0. The molecule has 0 amide bonds. The van der Waals surface area contributed by atoms with Gasteiger partial charge in [-0.05, 0) is 144 Å². The predicted molar refractivity (Wildman–Crippen MR) is 287 cm³/mol. The average molecular weight is 881 g/mol. The van der Waals surface area contributed by atoms with E-state index in [0.717, 1.165) is 34.1 Å². The van der Waals surface area contributed by atoms with Crippen molar-refractivity contribution in [3.63, 3.8) is 0 Å². The van der Waals surface area contributed by atoms with Crippen molar-refractivity contribution in [3.05, 3.63) is 242 Å². The lowest BCUT2D eigenvalue weighted by atomic mass is 9.96. The van der Waals surface area contributed by atoms with Gasteiger partial charge in [0, 0.05) is 74.2 Å². The number of aryl methyl sites for hydroxylation is 2. The van der Waals surface area contributed by atoms with Crippen LogP contribution in [0.4, 0.5) is 34.1 Å². The maximum atomic E-state index is 2.42. The van der Waals surface area contributed by atoms with Gasteiger partial charge in [0.1, 0.15) is 0 Å². The number of fused-ring (bicyclic) bond motifs is 6. The Morgan fingerprint density at radius 3 is 1.08 bits per heavy atom. The van der Waals surface area contributed by atoms with Crippen LogP contribution in [0.25, 0.3) is 73.7 Å². The Balaban J connectivity index is 0.926. The third-order valence-corrected chi connectivity index (χ3v) is 15.2. The van der Waals surface area contributed by atoms with Crippen LogP contribution in [0.3, 0.4) is 0 Å². The first-order chi connectivity index (χ1) is 32.6. The normalized spacial score (nSPS) is 11.5. The van der Waals surface area contributed by atoms with E-state index in [1.54, 1.807) is 0 Å². The number of anilines is 6. The van der Waals surface area contributed by atoms with Gasteiger partial charge in [0.25, 0.3) is 0 Å². The monoisotopic (exact) mass is 880 g/mol. The molecule has 0 spiro atoms. The van der Waals surface area contributed by atoms with Gasteiger partial charge >= 0.3 is 0 Å². The highest BCUT2D eigenvalue weighted by Crippen LogP contribution is 2.47. The highest BCUT2D eigenvalue weighted by molar-refractivity contribution is 7.26. The fourth-order valence-electron chi connectivity index (χ4n) is 9.75. The Hall–Kier alpha value is -7.76. The van der Waals surface area contributed by atoms with Crippen LogP contribution in [0.1, 0.15) is 11.1 Å². The Morgan fingerprint density at radius 1 is 0.273 bits per heavy atom. The number of benzene rings is 10. The van der Waals surface area contributed by atoms with Crippen LogP contribution in [0.2, 0.25) is 0 Å². The lowest BCUT2D eigenvalue weighted by Gasteiger charge is -2.30.